The number of hydrogen-bond acceptors (Lipinski definition) is 4. The Morgan fingerprint density at radius 1 is 1.05 bits per heavy atom. The van der Waals surface area contributed by atoms with E-state index in [1.165, 1.54) is 24.3 Å². The van der Waals surface area contributed by atoms with E-state index < -0.39 is 20.3 Å². The molecule has 0 saturated heterocycles. The molecule has 21 heavy (non-hydrogen) atoms. The molecule has 2 rings (SSSR count). The van der Waals surface area contributed by atoms with Crippen LogP contribution >= 0.6 is 0 Å². The summed E-state index contributed by atoms with van der Waals surface area (Å²) in [6, 6.07) is 13.9. The van der Waals surface area contributed by atoms with Gasteiger partial charge in [-0.15, -0.1) is 0 Å². The molecule has 0 radical (unpaired) electrons. The lowest BCUT2D eigenvalue weighted by molar-refractivity contribution is -0.384. The fourth-order valence-electron chi connectivity index (χ4n) is 2.03. The first kappa shape index (κ1) is 15.1. The van der Waals surface area contributed by atoms with Gasteiger partial charge in [0.2, 0.25) is 0 Å². The summed E-state index contributed by atoms with van der Waals surface area (Å²) in [6.45, 7) is 0. The summed E-state index contributed by atoms with van der Waals surface area (Å²) in [6.07, 6.45) is 0.0425. The predicted molar refractivity (Wildman–Crippen MR) is 77.5 cm³/mol. The van der Waals surface area contributed by atoms with Crippen molar-refractivity contribution in [3.63, 3.8) is 0 Å². The molecule has 0 amide bonds. The van der Waals surface area contributed by atoms with Gasteiger partial charge in [0.15, 0.2) is 0 Å². The van der Waals surface area contributed by atoms with Crippen LogP contribution < -0.4 is 0 Å². The summed E-state index contributed by atoms with van der Waals surface area (Å²) in [7, 11) is -4.28. The van der Waals surface area contributed by atoms with Gasteiger partial charge >= 0.3 is 0 Å². The van der Waals surface area contributed by atoms with E-state index >= 15 is 0 Å². The number of nitro benzene ring substituents is 1. The molecule has 0 aromatic heterocycles. The SMILES string of the molecule is O=[N+]([O-])c1ccc(CC(c2ccccc2)S(=O)(=O)O)cc1. The highest BCUT2D eigenvalue weighted by atomic mass is 32.2. The molecule has 0 aliphatic carbocycles. The minimum absolute atomic E-state index is 0.0425. The maximum absolute atomic E-state index is 11.6. The Balaban J connectivity index is 2.30. The van der Waals surface area contributed by atoms with E-state index in [-0.39, 0.29) is 12.1 Å². The molecule has 7 heteroatoms. The zero-order valence-corrected chi connectivity index (χ0v) is 11.7. The number of hydrogen-bond donors (Lipinski definition) is 1. The number of nitro groups is 1. The van der Waals surface area contributed by atoms with Gasteiger partial charge in [0.25, 0.3) is 15.8 Å². The number of benzene rings is 2. The molecule has 0 fully saturated rings. The van der Waals surface area contributed by atoms with Gasteiger partial charge in [-0.25, -0.2) is 0 Å². The average Bonchev–Trinajstić information content (AvgIpc) is 2.45. The quantitative estimate of drug-likeness (QED) is 0.520. The smallest absolute Gasteiger partial charge is 0.272 e. The third-order valence-corrected chi connectivity index (χ3v) is 4.26. The van der Waals surface area contributed by atoms with Crippen LogP contribution in [-0.4, -0.2) is 17.9 Å². The van der Waals surface area contributed by atoms with Crippen molar-refractivity contribution >= 4 is 15.8 Å². The average molecular weight is 307 g/mol. The Morgan fingerprint density at radius 3 is 2.10 bits per heavy atom. The second-order valence-electron chi connectivity index (χ2n) is 4.54. The summed E-state index contributed by atoms with van der Waals surface area (Å²) >= 11 is 0. The van der Waals surface area contributed by atoms with Crippen LogP contribution in [0.15, 0.2) is 54.6 Å². The molecule has 2 aromatic rings. The molecular weight excluding hydrogens is 294 g/mol. The third kappa shape index (κ3) is 3.87. The zero-order chi connectivity index (χ0) is 15.5. The molecule has 0 aliphatic rings. The fourth-order valence-corrected chi connectivity index (χ4v) is 2.93. The van der Waals surface area contributed by atoms with E-state index in [0.717, 1.165) is 0 Å². The maximum Gasteiger partial charge on any atom is 0.272 e. The van der Waals surface area contributed by atoms with Gasteiger partial charge in [0.1, 0.15) is 5.25 Å². The van der Waals surface area contributed by atoms with E-state index in [4.69, 9.17) is 0 Å². The molecule has 6 nitrogen and oxygen atoms in total. The third-order valence-electron chi connectivity index (χ3n) is 3.10. The number of nitrogens with zero attached hydrogens (tertiary/aromatic N) is 1. The van der Waals surface area contributed by atoms with Crippen LogP contribution in [0.3, 0.4) is 0 Å². The molecule has 0 aliphatic heterocycles. The molecule has 110 valence electrons. The van der Waals surface area contributed by atoms with E-state index in [2.05, 4.69) is 0 Å². The minimum Gasteiger partial charge on any atom is -0.285 e. The van der Waals surface area contributed by atoms with E-state index in [1.807, 2.05) is 0 Å². The summed E-state index contributed by atoms with van der Waals surface area (Å²) in [5.41, 5.74) is 0.993. The second-order valence-corrected chi connectivity index (χ2v) is 6.14. The second kappa shape index (κ2) is 6.02. The Morgan fingerprint density at radius 2 is 1.62 bits per heavy atom. The molecule has 1 atom stereocenters. The lowest BCUT2D eigenvalue weighted by atomic mass is 10.0. The van der Waals surface area contributed by atoms with Crippen LogP contribution in [0.25, 0.3) is 0 Å². The van der Waals surface area contributed by atoms with Crippen molar-refractivity contribution in [2.75, 3.05) is 0 Å². The van der Waals surface area contributed by atoms with Crippen molar-refractivity contribution in [3.8, 4) is 0 Å². The summed E-state index contributed by atoms with van der Waals surface area (Å²) < 4.78 is 32.5. The monoisotopic (exact) mass is 307 g/mol. The van der Waals surface area contributed by atoms with E-state index in [9.17, 15) is 23.1 Å². The number of rotatable bonds is 5. The highest BCUT2D eigenvalue weighted by Gasteiger charge is 2.25. The summed E-state index contributed by atoms with van der Waals surface area (Å²) in [4.78, 5) is 10.1. The normalized spacial score (nSPS) is 12.8. The highest BCUT2D eigenvalue weighted by molar-refractivity contribution is 7.86. The Hall–Kier alpha value is -2.25. The topological polar surface area (TPSA) is 97.5 Å². The molecule has 1 N–H and O–H groups in total. The van der Waals surface area contributed by atoms with Gasteiger partial charge in [-0.3, -0.25) is 14.7 Å². The van der Waals surface area contributed by atoms with Gasteiger partial charge in [-0.2, -0.15) is 8.42 Å². The molecule has 2 aromatic carbocycles. The molecule has 0 saturated carbocycles. The van der Waals surface area contributed by atoms with E-state index in [1.54, 1.807) is 30.3 Å². The van der Waals surface area contributed by atoms with Gasteiger partial charge in [-0.05, 0) is 17.5 Å². The highest BCUT2D eigenvalue weighted by Crippen LogP contribution is 2.26. The predicted octanol–water partition coefficient (Wildman–Crippen LogP) is 2.77. The first-order valence-electron chi connectivity index (χ1n) is 6.12. The summed E-state index contributed by atoms with van der Waals surface area (Å²) in [5, 5.41) is 9.49. The lowest BCUT2D eigenvalue weighted by Crippen LogP contribution is -2.14. The van der Waals surface area contributed by atoms with Gasteiger partial charge in [0, 0.05) is 12.1 Å². The minimum atomic E-state index is -4.28. The largest absolute Gasteiger partial charge is 0.285 e. The Labute approximate surface area is 121 Å². The van der Waals surface area contributed by atoms with E-state index in [0.29, 0.717) is 11.1 Å². The fraction of sp³-hybridized carbons (Fsp3) is 0.143. The summed E-state index contributed by atoms with van der Waals surface area (Å²) in [5.74, 6) is 0. The van der Waals surface area contributed by atoms with Gasteiger partial charge in [0.05, 0.1) is 4.92 Å². The van der Waals surface area contributed by atoms with Crippen LogP contribution in [0.4, 0.5) is 5.69 Å². The van der Waals surface area contributed by atoms with Crippen molar-refractivity contribution in [3.05, 3.63) is 75.8 Å². The molecule has 0 heterocycles. The van der Waals surface area contributed by atoms with Crippen molar-refractivity contribution in [2.45, 2.75) is 11.7 Å². The molecule has 0 bridgehead atoms. The first-order chi connectivity index (χ1) is 9.88. The molecular formula is C14H13NO5S. The molecule has 1 unspecified atom stereocenters. The number of non-ortho nitro benzene ring substituents is 1. The van der Waals surface area contributed by atoms with Crippen LogP contribution in [0, 0.1) is 10.1 Å². The van der Waals surface area contributed by atoms with Crippen molar-refractivity contribution in [1.29, 1.82) is 0 Å². The van der Waals surface area contributed by atoms with Crippen LogP contribution in [-0.2, 0) is 16.5 Å². The van der Waals surface area contributed by atoms with Crippen LogP contribution in [0.5, 0.6) is 0 Å². The zero-order valence-electron chi connectivity index (χ0n) is 10.9. The van der Waals surface area contributed by atoms with Crippen LogP contribution in [0.1, 0.15) is 16.4 Å². The van der Waals surface area contributed by atoms with Gasteiger partial charge < -0.3 is 0 Å². The Kier molecular flexibility index (Phi) is 4.35. The standard InChI is InChI=1S/C14H13NO5S/c16-15(17)13-8-6-11(7-9-13)10-14(21(18,19)20)12-4-2-1-3-5-12/h1-9,14H,10H2,(H,18,19,20). The Bertz CT molecular complexity index is 726. The van der Waals surface area contributed by atoms with Crippen molar-refractivity contribution in [2.24, 2.45) is 0 Å². The van der Waals surface area contributed by atoms with Crippen molar-refractivity contribution < 1.29 is 17.9 Å². The lowest BCUT2D eigenvalue weighted by Gasteiger charge is -2.14. The van der Waals surface area contributed by atoms with Gasteiger partial charge in [-0.1, -0.05) is 42.5 Å². The van der Waals surface area contributed by atoms with Crippen LogP contribution in [0.2, 0.25) is 0 Å². The first-order valence-corrected chi connectivity index (χ1v) is 7.63. The maximum atomic E-state index is 11.6. The molecule has 0 spiro atoms. The van der Waals surface area contributed by atoms with Crippen molar-refractivity contribution in [1.82, 2.24) is 0 Å².